The largest absolute Gasteiger partial charge is 0.467 e. The minimum absolute atomic E-state index is 0.109. The van der Waals surface area contributed by atoms with Gasteiger partial charge in [0, 0.05) is 0 Å². The zero-order valence-corrected chi connectivity index (χ0v) is 13.2. The van der Waals surface area contributed by atoms with Gasteiger partial charge in [0.2, 0.25) is 5.91 Å². The van der Waals surface area contributed by atoms with Crippen molar-refractivity contribution in [3.05, 3.63) is 35.4 Å². The number of amides is 1. The maximum atomic E-state index is 12.5. The number of carbonyl (C=O) groups excluding carboxylic acids is 2. The van der Waals surface area contributed by atoms with Crippen LogP contribution in [-0.4, -0.2) is 25.0 Å². The molecule has 0 radical (unpaired) electrons. The summed E-state index contributed by atoms with van der Waals surface area (Å²) in [5.74, 6) is -1.10. The predicted molar refractivity (Wildman–Crippen MR) is 78.5 cm³/mol. The van der Waals surface area contributed by atoms with Crippen molar-refractivity contribution in [3.63, 3.8) is 0 Å². The van der Waals surface area contributed by atoms with Gasteiger partial charge in [0.25, 0.3) is 0 Å². The summed E-state index contributed by atoms with van der Waals surface area (Å²) in [7, 11) is 1.24. The van der Waals surface area contributed by atoms with E-state index in [9.17, 15) is 22.8 Å². The van der Waals surface area contributed by atoms with Gasteiger partial charge in [-0.3, -0.25) is 4.79 Å². The van der Waals surface area contributed by atoms with E-state index < -0.39 is 29.7 Å². The average Bonchev–Trinajstić information content (AvgIpc) is 2.50. The third-order valence-corrected chi connectivity index (χ3v) is 3.63. The third kappa shape index (κ3) is 5.58. The van der Waals surface area contributed by atoms with Crippen molar-refractivity contribution in [1.29, 1.82) is 0 Å². The number of alkyl halides is 3. The number of carbonyl (C=O) groups is 2. The topological polar surface area (TPSA) is 55.4 Å². The molecular weight excluding hydrogens is 311 g/mol. The number of rotatable bonds is 6. The third-order valence-electron chi connectivity index (χ3n) is 3.63. The SMILES string of the molecule is CC[C@@H](C)[C@H](NC(=O)Cc1ccc(C(F)(F)F)cc1)C(=O)OC. The highest BCUT2D eigenvalue weighted by Gasteiger charge is 2.30. The number of hydrogen-bond acceptors (Lipinski definition) is 3. The zero-order chi connectivity index (χ0) is 17.6. The lowest BCUT2D eigenvalue weighted by Crippen LogP contribution is -2.46. The van der Waals surface area contributed by atoms with Crippen molar-refractivity contribution < 1.29 is 27.5 Å². The normalized spacial score (nSPS) is 14.0. The second-order valence-corrected chi connectivity index (χ2v) is 5.33. The van der Waals surface area contributed by atoms with Gasteiger partial charge < -0.3 is 10.1 Å². The van der Waals surface area contributed by atoms with Crippen LogP contribution in [0.25, 0.3) is 0 Å². The van der Waals surface area contributed by atoms with Gasteiger partial charge in [-0.15, -0.1) is 0 Å². The van der Waals surface area contributed by atoms with E-state index >= 15 is 0 Å². The summed E-state index contributed by atoms with van der Waals surface area (Å²) < 4.78 is 42.1. The maximum Gasteiger partial charge on any atom is 0.416 e. The molecule has 128 valence electrons. The molecule has 0 bridgehead atoms. The number of halogens is 3. The van der Waals surface area contributed by atoms with E-state index in [0.717, 1.165) is 12.1 Å². The van der Waals surface area contributed by atoms with Crippen LogP contribution >= 0.6 is 0 Å². The summed E-state index contributed by atoms with van der Waals surface area (Å²) in [5, 5.41) is 2.58. The minimum Gasteiger partial charge on any atom is -0.467 e. The summed E-state index contributed by atoms with van der Waals surface area (Å²) in [6, 6.07) is 3.58. The Kier molecular flexibility index (Phi) is 6.60. The van der Waals surface area contributed by atoms with Gasteiger partial charge in [-0.25, -0.2) is 4.79 Å². The summed E-state index contributed by atoms with van der Waals surface area (Å²) in [6.45, 7) is 3.68. The molecule has 0 aliphatic heterocycles. The fourth-order valence-corrected chi connectivity index (χ4v) is 2.02. The smallest absolute Gasteiger partial charge is 0.416 e. The Labute approximate surface area is 133 Å². The van der Waals surface area contributed by atoms with Gasteiger partial charge in [0.15, 0.2) is 0 Å². The Bertz CT molecular complexity index is 540. The highest BCUT2D eigenvalue weighted by Crippen LogP contribution is 2.29. The van der Waals surface area contributed by atoms with Crippen LogP contribution in [0.3, 0.4) is 0 Å². The van der Waals surface area contributed by atoms with Gasteiger partial charge in [-0.05, 0) is 23.6 Å². The lowest BCUT2D eigenvalue weighted by Gasteiger charge is -2.21. The molecular formula is C16H20F3NO3. The van der Waals surface area contributed by atoms with Gasteiger partial charge in [0.1, 0.15) is 6.04 Å². The van der Waals surface area contributed by atoms with Crippen molar-refractivity contribution in [2.75, 3.05) is 7.11 Å². The lowest BCUT2D eigenvalue weighted by atomic mass is 9.98. The van der Waals surface area contributed by atoms with Crippen LogP contribution in [0.1, 0.15) is 31.4 Å². The van der Waals surface area contributed by atoms with E-state index in [0.29, 0.717) is 12.0 Å². The average molecular weight is 331 g/mol. The molecule has 1 N–H and O–H groups in total. The fraction of sp³-hybridized carbons (Fsp3) is 0.500. The van der Waals surface area contributed by atoms with Crippen molar-refractivity contribution >= 4 is 11.9 Å². The first kappa shape index (κ1) is 19.0. The molecule has 0 unspecified atom stereocenters. The molecule has 4 nitrogen and oxygen atoms in total. The Balaban J connectivity index is 2.73. The lowest BCUT2D eigenvalue weighted by molar-refractivity contribution is -0.146. The van der Waals surface area contributed by atoms with Crippen LogP contribution < -0.4 is 5.32 Å². The molecule has 1 aromatic carbocycles. The van der Waals surface area contributed by atoms with Crippen molar-refractivity contribution in [2.24, 2.45) is 5.92 Å². The fourth-order valence-electron chi connectivity index (χ4n) is 2.02. The molecule has 0 saturated heterocycles. The van der Waals surface area contributed by atoms with Crippen LogP contribution in [0.15, 0.2) is 24.3 Å². The number of nitrogens with one attached hydrogen (secondary N) is 1. The predicted octanol–water partition coefficient (Wildman–Crippen LogP) is 2.95. The molecule has 0 heterocycles. The Morgan fingerprint density at radius 2 is 1.78 bits per heavy atom. The summed E-state index contributed by atoms with van der Waals surface area (Å²) in [5.41, 5.74) is -0.336. The van der Waals surface area contributed by atoms with Crippen molar-refractivity contribution in [1.82, 2.24) is 5.32 Å². The van der Waals surface area contributed by atoms with Gasteiger partial charge >= 0.3 is 12.1 Å². The Morgan fingerprint density at radius 3 is 2.22 bits per heavy atom. The second kappa shape index (κ2) is 7.99. The molecule has 1 aromatic rings. The molecule has 0 aliphatic carbocycles. The van der Waals surface area contributed by atoms with Crippen LogP contribution in [0.2, 0.25) is 0 Å². The number of ether oxygens (including phenoxy) is 1. The monoisotopic (exact) mass is 331 g/mol. The van der Waals surface area contributed by atoms with E-state index in [-0.39, 0.29) is 12.3 Å². The van der Waals surface area contributed by atoms with Gasteiger partial charge in [0.05, 0.1) is 19.1 Å². The zero-order valence-electron chi connectivity index (χ0n) is 13.2. The van der Waals surface area contributed by atoms with Crippen molar-refractivity contribution in [2.45, 2.75) is 38.9 Å². The minimum atomic E-state index is -4.41. The molecule has 0 fully saturated rings. The molecule has 2 atom stereocenters. The quantitative estimate of drug-likeness (QED) is 0.816. The Morgan fingerprint density at radius 1 is 1.22 bits per heavy atom. The van der Waals surface area contributed by atoms with Gasteiger partial charge in [-0.2, -0.15) is 13.2 Å². The van der Waals surface area contributed by atoms with Crippen LogP contribution in [0.4, 0.5) is 13.2 Å². The number of benzene rings is 1. The first-order chi connectivity index (χ1) is 10.7. The van der Waals surface area contributed by atoms with E-state index in [2.05, 4.69) is 10.1 Å². The van der Waals surface area contributed by atoms with E-state index in [1.165, 1.54) is 19.2 Å². The van der Waals surface area contributed by atoms with E-state index in [1.54, 1.807) is 6.92 Å². The van der Waals surface area contributed by atoms with Crippen molar-refractivity contribution in [3.8, 4) is 0 Å². The number of methoxy groups -OCH3 is 1. The molecule has 23 heavy (non-hydrogen) atoms. The molecule has 0 saturated carbocycles. The highest BCUT2D eigenvalue weighted by atomic mass is 19.4. The molecule has 0 aliphatic rings. The van der Waals surface area contributed by atoms with Gasteiger partial charge in [-0.1, -0.05) is 32.4 Å². The second-order valence-electron chi connectivity index (χ2n) is 5.33. The summed E-state index contributed by atoms with van der Waals surface area (Å²) >= 11 is 0. The summed E-state index contributed by atoms with van der Waals surface area (Å²) in [6.07, 6.45) is -3.85. The first-order valence-corrected chi connectivity index (χ1v) is 7.22. The standard InChI is InChI=1S/C16H20F3NO3/c1-4-10(2)14(15(22)23-3)20-13(21)9-11-5-7-12(8-6-11)16(17,18)19/h5-8,10,14H,4,9H2,1-3H3,(H,20,21)/t10-,14+/m1/s1. The Hall–Kier alpha value is -2.05. The molecule has 1 rings (SSSR count). The molecule has 0 aromatic heterocycles. The highest BCUT2D eigenvalue weighted by molar-refractivity contribution is 5.85. The maximum absolute atomic E-state index is 12.5. The van der Waals surface area contributed by atoms with E-state index in [1.807, 2.05) is 6.92 Å². The van der Waals surface area contributed by atoms with E-state index in [4.69, 9.17) is 0 Å². The first-order valence-electron chi connectivity index (χ1n) is 7.22. The molecule has 7 heteroatoms. The number of hydrogen-bond donors (Lipinski definition) is 1. The van der Waals surface area contributed by atoms with Crippen LogP contribution in [-0.2, 0) is 26.9 Å². The molecule has 0 spiro atoms. The summed E-state index contributed by atoms with van der Waals surface area (Å²) in [4.78, 5) is 23.7. The van der Waals surface area contributed by atoms with Crippen LogP contribution in [0.5, 0.6) is 0 Å². The number of esters is 1. The molecule has 1 amide bonds. The van der Waals surface area contributed by atoms with Crippen LogP contribution in [0, 0.1) is 5.92 Å².